The van der Waals surface area contributed by atoms with E-state index >= 15 is 0 Å². The second-order valence-electron chi connectivity index (χ2n) is 6.68. The SMILES string of the molecule is CCCc1ccc(S(=O)(=O)c2ccc3nc(C(=O)NCC(=O)O)c(O)cc3c2)cc1. The van der Waals surface area contributed by atoms with Crippen LogP contribution in [-0.4, -0.2) is 42.0 Å². The van der Waals surface area contributed by atoms with Gasteiger partial charge in [0.25, 0.3) is 5.91 Å². The van der Waals surface area contributed by atoms with E-state index in [1.807, 2.05) is 6.92 Å². The van der Waals surface area contributed by atoms with Crippen LogP contribution in [0.25, 0.3) is 10.9 Å². The Labute approximate surface area is 173 Å². The van der Waals surface area contributed by atoms with Gasteiger partial charge in [-0.1, -0.05) is 25.5 Å². The van der Waals surface area contributed by atoms with E-state index in [1.165, 1.54) is 24.3 Å². The van der Waals surface area contributed by atoms with E-state index in [4.69, 9.17) is 5.11 Å². The van der Waals surface area contributed by atoms with Gasteiger partial charge in [0.1, 0.15) is 12.3 Å². The molecule has 0 saturated carbocycles. The Morgan fingerprint density at radius 2 is 1.70 bits per heavy atom. The van der Waals surface area contributed by atoms with Gasteiger partial charge in [0.05, 0.1) is 15.3 Å². The number of fused-ring (bicyclic) bond motifs is 1. The van der Waals surface area contributed by atoms with Crippen LogP contribution < -0.4 is 5.32 Å². The minimum Gasteiger partial charge on any atom is -0.505 e. The van der Waals surface area contributed by atoms with Crippen LogP contribution in [-0.2, 0) is 21.1 Å². The number of aromatic nitrogens is 1. The first-order valence-electron chi connectivity index (χ1n) is 9.20. The molecular formula is C21H20N2O6S. The maximum absolute atomic E-state index is 13.0. The molecule has 0 fully saturated rings. The summed E-state index contributed by atoms with van der Waals surface area (Å²) in [6.45, 7) is 1.43. The van der Waals surface area contributed by atoms with E-state index in [-0.39, 0.29) is 21.0 Å². The Morgan fingerprint density at radius 1 is 1.03 bits per heavy atom. The number of amides is 1. The quantitative estimate of drug-likeness (QED) is 0.526. The topological polar surface area (TPSA) is 134 Å². The van der Waals surface area contributed by atoms with Gasteiger partial charge in [-0.25, -0.2) is 13.4 Å². The van der Waals surface area contributed by atoms with Crippen molar-refractivity contribution in [2.24, 2.45) is 0 Å². The third-order valence-electron chi connectivity index (χ3n) is 4.46. The van der Waals surface area contributed by atoms with Crippen LogP contribution in [0, 0.1) is 0 Å². The summed E-state index contributed by atoms with van der Waals surface area (Å²) < 4.78 is 25.9. The molecule has 156 valence electrons. The zero-order chi connectivity index (χ0) is 21.9. The zero-order valence-corrected chi connectivity index (χ0v) is 16.9. The number of carboxylic acid groups (broad SMARTS) is 1. The van der Waals surface area contributed by atoms with Crippen molar-refractivity contribution in [1.29, 1.82) is 0 Å². The molecule has 3 N–H and O–H groups in total. The van der Waals surface area contributed by atoms with E-state index in [1.54, 1.807) is 24.3 Å². The normalized spacial score (nSPS) is 11.4. The first-order valence-corrected chi connectivity index (χ1v) is 10.7. The number of carbonyl (C=O) groups is 2. The molecular weight excluding hydrogens is 408 g/mol. The number of carboxylic acids is 1. The lowest BCUT2D eigenvalue weighted by Crippen LogP contribution is -2.29. The standard InChI is InChI=1S/C21H20N2O6S/c1-2-3-13-4-6-15(7-5-13)30(28,29)16-8-9-17-14(10-16)11-18(24)20(23-17)21(27)22-12-19(25)26/h4-11,24H,2-3,12H2,1H3,(H,22,27)(H,25,26). The first-order chi connectivity index (χ1) is 14.2. The Kier molecular flexibility index (Phi) is 6.02. The zero-order valence-electron chi connectivity index (χ0n) is 16.1. The largest absolute Gasteiger partial charge is 0.505 e. The predicted molar refractivity (Wildman–Crippen MR) is 109 cm³/mol. The minimum atomic E-state index is -3.77. The fraction of sp³-hybridized carbons (Fsp3) is 0.190. The summed E-state index contributed by atoms with van der Waals surface area (Å²) in [5.74, 6) is -2.56. The van der Waals surface area contributed by atoms with Crippen LogP contribution in [0.15, 0.2) is 58.3 Å². The molecule has 8 nitrogen and oxygen atoms in total. The summed E-state index contributed by atoms with van der Waals surface area (Å²) in [4.78, 5) is 26.8. The second-order valence-corrected chi connectivity index (χ2v) is 8.63. The van der Waals surface area contributed by atoms with E-state index in [2.05, 4.69) is 10.3 Å². The van der Waals surface area contributed by atoms with Gasteiger partial charge in [0.15, 0.2) is 5.69 Å². The second kappa shape index (κ2) is 8.50. The molecule has 1 heterocycles. The third-order valence-corrected chi connectivity index (χ3v) is 6.23. The number of hydrogen-bond acceptors (Lipinski definition) is 6. The lowest BCUT2D eigenvalue weighted by Gasteiger charge is -2.09. The number of hydrogen-bond donors (Lipinski definition) is 3. The lowest BCUT2D eigenvalue weighted by atomic mass is 10.1. The maximum atomic E-state index is 13.0. The van der Waals surface area contributed by atoms with Crippen molar-refractivity contribution < 1.29 is 28.2 Å². The van der Waals surface area contributed by atoms with Gasteiger partial charge in [0, 0.05) is 5.39 Å². The fourth-order valence-corrected chi connectivity index (χ4v) is 4.27. The number of nitrogens with zero attached hydrogens (tertiary/aromatic N) is 1. The van der Waals surface area contributed by atoms with Crippen LogP contribution in [0.3, 0.4) is 0 Å². The van der Waals surface area contributed by atoms with Crippen molar-refractivity contribution >= 4 is 32.6 Å². The van der Waals surface area contributed by atoms with E-state index in [0.717, 1.165) is 18.4 Å². The maximum Gasteiger partial charge on any atom is 0.322 e. The molecule has 0 unspecified atom stereocenters. The number of aromatic hydroxyl groups is 1. The molecule has 0 atom stereocenters. The fourth-order valence-electron chi connectivity index (χ4n) is 2.98. The summed E-state index contributed by atoms with van der Waals surface area (Å²) in [7, 11) is -3.77. The van der Waals surface area contributed by atoms with Crippen LogP contribution in [0.5, 0.6) is 5.75 Å². The van der Waals surface area contributed by atoms with E-state index in [9.17, 15) is 23.1 Å². The molecule has 0 aliphatic rings. The highest BCUT2D eigenvalue weighted by atomic mass is 32.2. The molecule has 3 aromatic rings. The number of aliphatic carboxylic acids is 1. The van der Waals surface area contributed by atoms with Crippen molar-refractivity contribution in [3.63, 3.8) is 0 Å². The molecule has 0 aliphatic heterocycles. The Morgan fingerprint density at radius 3 is 2.33 bits per heavy atom. The van der Waals surface area contributed by atoms with Crippen LogP contribution in [0.2, 0.25) is 0 Å². The highest BCUT2D eigenvalue weighted by molar-refractivity contribution is 7.91. The Balaban J connectivity index is 1.95. The summed E-state index contributed by atoms with van der Waals surface area (Å²) in [6, 6.07) is 12.1. The summed E-state index contributed by atoms with van der Waals surface area (Å²) in [5, 5.41) is 21.2. The smallest absolute Gasteiger partial charge is 0.322 e. The molecule has 3 rings (SSSR count). The van der Waals surface area contributed by atoms with Gasteiger partial charge < -0.3 is 15.5 Å². The molecule has 2 aromatic carbocycles. The van der Waals surface area contributed by atoms with Crippen LogP contribution >= 0.6 is 0 Å². The van der Waals surface area contributed by atoms with Crippen LogP contribution in [0.1, 0.15) is 29.4 Å². The van der Waals surface area contributed by atoms with Gasteiger partial charge in [-0.05, 0) is 48.4 Å². The summed E-state index contributed by atoms with van der Waals surface area (Å²) >= 11 is 0. The molecule has 0 radical (unpaired) electrons. The van der Waals surface area contributed by atoms with Crippen molar-refractivity contribution in [2.45, 2.75) is 29.6 Å². The molecule has 30 heavy (non-hydrogen) atoms. The Hall–Kier alpha value is -3.46. The number of sulfone groups is 1. The number of nitrogens with one attached hydrogen (secondary N) is 1. The summed E-state index contributed by atoms with van der Waals surface area (Å²) in [5.41, 5.74) is 0.995. The number of carbonyl (C=O) groups excluding carboxylic acids is 1. The molecule has 1 aromatic heterocycles. The lowest BCUT2D eigenvalue weighted by molar-refractivity contribution is -0.135. The van der Waals surface area contributed by atoms with Crippen LogP contribution in [0.4, 0.5) is 0 Å². The van der Waals surface area contributed by atoms with E-state index in [0.29, 0.717) is 5.39 Å². The third kappa shape index (κ3) is 4.41. The molecule has 0 spiro atoms. The summed E-state index contributed by atoms with van der Waals surface area (Å²) in [6.07, 6.45) is 1.83. The molecule has 0 bridgehead atoms. The van der Waals surface area contributed by atoms with Gasteiger partial charge >= 0.3 is 5.97 Å². The highest BCUT2D eigenvalue weighted by Gasteiger charge is 2.20. The average molecular weight is 428 g/mol. The van der Waals surface area contributed by atoms with E-state index < -0.39 is 34.0 Å². The molecule has 9 heteroatoms. The van der Waals surface area contributed by atoms with Crippen molar-refractivity contribution in [3.8, 4) is 5.75 Å². The monoisotopic (exact) mass is 428 g/mol. The van der Waals surface area contributed by atoms with Crippen molar-refractivity contribution in [2.75, 3.05) is 6.54 Å². The van der Waals surface area contributed by atoms with Crippen molar-refractivity contribution in [3.05, 3.63) is 59.8 Å². The number of benzene rings is 2. The predicted octanol–water partition coefficient (Wildman–Crippen LogP) is 2.54. The molecule has 1 amide bonds. The van der Waals surface area contributed by atoms with Gasteiger partial charge in [0.2, 0.25) is 9.84 Å². The molecule has 0 aliphatic carbocycles. The van der Waals surface area contributed by atoms with Crippen molar-refractivity contribution in [1.82, 2.24) is 10.3 Å². The highest BCUT2D eigenvalue weighted by Crippen LogP contribution is 2.27. The minimum absolute atomic E-state index is 0.0301. The van der Waals surface area contributed by atoms with Gasteiger partial charge in [-0.3, -0.25) is 9.59 Å². The van der Waals surface area contributed by atoms with Gasteiger partial charge in [-0.15, -0.1) is 0 Å². The molecule has 0 saturated heterocycles. The number of pyridine rings is 1. The van der Waals surface area contributed by atoms with Gasteiger partial charge in [-0.2, -0.15) is 0 Å². The average Bonchev–Trinajstić information content (AvgIpc) is 2.71. The number of aryl methyl sites for hydroxylation is 1. The first kappa shape index (κ1) is 21.3. The Bertz CT molecular complexity index is 1220. The number of rotatable bonds is 7.